The Labute approximate surface area is 211 Å². The molecule has 1 aromatic carbocycles. The van der Waals surface area contributed by atoms with E-state index in [9.17, 15) is 24.0 Å². The highest BCUT2D eigenvalue weighted by Gasteiger charge is 2.59. The third-order valence-corrected chi connectivity index (χ3v) is 5.93. The summed E-state index contributed by atoms with van der Waals surface area (Å²) < 4.78 is 5.20. The van der Waals surface area contributed by atoms with Crippen LogP contribution in [0.25, 0.3) is 0 Å². The van der Waals surface area contributed by atoms with Gasteiger partial charge in [0, 0.05) is 6.42 Å². The largest absolute Gasteiger partial charge is 0.444 e. The monoisotopic (exact) mass is 503 g/mol. The Hall–Kier alpha value is -3.63. The van der Waals surface area contributed by atoms with Crippen LogP contribution in [-0.2, 0) is 30.3 Å². The number of hydrogen-bond acceptors (Lipinski definition) is 6. The Morgan fingerprint density at radius 1 is 1.03 bits per heavy atom. The Bertz CT molecular complexity index is 1020. The predicted molar refractivity (Wildman–Crippen MR) is 132 cm³/mol. The van der Waals surface area contributed by atoms with E-state index in [0.717, 1.165) is 5.56 Å². The van der Waals surface area contributed by atoms with Crippen LogP contribution in [-0.4, -0.2) is 69.9 Å². The number of carbonyl (C=O) groups is 5. The number of likely N-dealkylation sites (tertiary alicyclic amines) is 1. The second-order valence-corrected chi connectivity index (χ2v) is 10.6. The zero-order valence-electron chi connectivity index (χ0n) is 21.9. The number of nitrogens with two attached hydrogens (primary N) is 1. The predicted octanol–water partition coefficient (Wildman–Crippen LogP) is 0.608. The number of nitrogens with zero attached hydrogens (tertiary/aromatic N) is 1. The first-order chi connectivity index (χ1) is 16.5. The van der Waals surface area contributed by atoms with Gasteiger partial charge in [0.1, 0.15) is 28.8 Å². The average molecular weight is 504 g/mol. The summed E-state index contributed by atoms with van der Waals surface area (Å²) >= 11 is 0. The van der Waals surface area contributed by atoms with E-state index in [2.05, 4.69) is 16.0 Å². The van der Waals surface area contributed by atoms with Gasteiger partial charge in [0.25, 0.3) is 5.91 Å². The molecule has 0 saturated carbocycles. The third-order valence-electron chi connectivity index (χ3n) is 5.93. The number of amides is 5. The van der Waals surface area contributed by atoms with Crippen molar-refractivity contribution in [1.29, 1.82) is 0 Å². The number of carbonyl (C=O) groups excluding carboxylic acids is 5. The number of hydrogen-bond donors (Lipinski definition) is 4. The lowest BCUT2D eigenvalue weighted by Gasteiger charge is -2.55. The molecule has 3 atom stereocenters. The molecule has 0 radical (unpaired) electrons. The van der Waals surface area contributed by atoms with Crippen molar-refractivity contribution in [2.75, 3.05) is 6.54 Å². The normalized spacial score (nSPS) is 19.4. The Morgan fingerprint density at radius 2 is 1.61 bits per heavy atom. The van der Waals surface area contributed by atoms with Crippen molar-refractivity contribution < 1.29 is 28.7 Å². The molecule has 5 amide bonds. The molecule has 0 spiro atoms. The van der Waals surface area contributed by atoms with Crippen LogP contribution in [0.15, 0.2) is 30.3 Å². The van der Waals surface area contributed by atoms with E-state index in [-0.39, 0.29) is 13.0 Å². The van der Waals surface area contributed by atoms with Crippen molar-refractivity contribution in [3.05, 3.63) is 35.9 Å². The molecular weight excluding hydrogens is 466 g/mol. The first-order valence-corrected chi connectivity index (χ1v) is 11.8. The number of β-lactam (4-membered cyclic amide) rings is 1. The fourth-order valence-electron chi connectivity index (χ4n) is 3.70. The molecule has 36 heavy (non-hydrogen) atoms. The van der Waals surface area contributed by atoms with Crippen LogP contribution in [0.3, 0.4) is 0 Å². The van der Waals surface area contributed by atoms with Crippen molar-refractivity contribution in [3.63, 3.8) is 0 Å². The second-order valence-electron chi connectivity index (χ2n) is 10.6. The zero-order valence-corrected chi connectivity index (χ0v) is 21.9. The van der Waals surface area contributed by atoms with E-state index >= 15 is 0 Å². The standard InChI is InChI=1S/C25H37N5O6/c1-15(18(26)31)27-20(33)24(6,7)30-14-25(21(30)34,13-17-11-9-8-10-12-17)29-19(32)16(2)28-22(35)36-23(3,4)5/h8-12,15-16H,13-14H2,1-7H3,(H2,26,31)(H,27,33)(H,28,35)(H,29,32)/t15?,16-,25-/m1/s1. The first kappa shape index (κ1) is 28.6. The Kier molecular flexibility index (Phi) is 8.38. The van der Waals surface area contributed by atoms with Gasteiger partial charge in [-0.3, -0.25) is 19.2 Å². The molecule has 0 bridgehead atoms. The van der Waals surface area contributed by atoms with Gasteiger partial charge in [-0.1, -0.05) is 30.3 Å². The number of alkyl carbamates (subject to hydrolysis) is 1. The number of primary amides is 1. The van der Waals surface area contributed by atoms with Crippen LogP contribution in [0.2, 0.25) is 0 Å². The molecule has 0 aromatic heterocycles. The van der Waals surface area contributed by atoms with E-state index in [1.165, 1.54) is 18.7 Å². The summed E-state index contributed by atoms with van der Waals surface area (Å²) in [6, 6.07) is 7.24. The lowest BCUT2D eigenvalue weighted by molar-refractivity contribution is -0.169. The molecular formula is C25H37N5O6. The van der Waals surface area contributed by atoms with Crippen molar-refractivity contribution in [3.8, 4) is 0 Å². The van der Waals surface area contributed by atoms with Crippen molar-refractivity contribution >= 4 is 29.7 Å². The van der Waals surface area contributed by atoms with Crippen molar-refractivity contribution in [2.24, 2.45) is 5.73 Å². The van der Waals surface area contributed by atoms with Gasteiger partial charge in [-0.2, -0.15) is 0 Å². The lowest BCUT2D eigenvalue weighted by atomic mass is 9.78. The summed E-state index contributed by atoms with van der Waals surface area (Å²) in [7, 11) is 0. The molecule has 0 aliphatic carbocycles. The van der Waals surface area contributed by atoms with Crippen LogP contribution in [0, 0.1) is 0 Å². The van der Waals surface area contributed by atoms with E-state index in [0.29, 0.717) is 0 Å². The maximum absolute atomic E-state index is 13.6. The third kappa shape index (κ3) is 6.73. The molecule has 1 aliphatic heterocycles. The average Bonchev–Trinajstić information content (AvgIpc) is 2.75. The minimum atomic E-state index is -1.32. The summed E-state index contributed by atoms with van der Waals surface area (Å²) in [4.78, 5) is 64.2. The van der Waals surface area contributed by atoms with E-state index in [1.54, 1.807) is 34.6 Å². The van der Waals surface area contributed by atoms with Crippen LogP contribution >= 0.6 is 0 Å². The van der Waals surface area contributed by atoms with E-state index in [4.69, 9.17) is 10.5 Å². The number of benzene rings is 1. The van der Waals surface area contributed by atoms with Gasteiger partial charge < -0.3 is 31.3 Å². The van der Waals surface area contributed by atoms with Gasteiger partial charge in [0.2, 0.25) is 17.7 Å². The number of nitrogens with one attached hydrogen (secondary N) is 3. The molecule has 198 valence electrons. The SMILES string of the molecule is CC(NC(=O)C(C)(C)N1C[C@@](Cc2ccccc2)(NC(=O)[C@@H](C)NC(=O)OC(C)(C)C)C1=O)C(N)=O. The van der Waals surface area contributed by atoms with Crippen LogP contribution < -0.4 is 21.7 Å². The number of rotatable bonds is 9. The highest BCUT2D eigenvalue weighted by Crippen LogP contribution is 2.34. The molecule has 1 unspecified atom stereocenters. The van der Waals surface area contributed by atoms with Crippen LogP contribution in [0.5, 0.6) is 0 Å². The van der Waals surface area contributed by atoms with E-state index in [1.807, 2.05) is 30.3 Å². The molecule has 11 heteroatoms. The quantitative estimate of drug-likeness (QED) is 0.361. The smallest absolute Gasteiger partial charge is 0.408 e. The zero-order chi connectivity index (χ0) is 27.5. The summed E-state index contributed by atoms with van der Waals surface area (Å²) in [5, 5.41) is 7.77. The van der Waals surface area contributed by atoms with Crippen LogP contribution in [0.1, 0.15) is 54.0 Å². The van der Waals surface area contributed by atoms with Gasteiger partial charge in [-0.25, -0.2) is 4.79 Å². The summed E-state index contributed by atoms with van der Waals surface area (Å²) in [5.74, 6) is -2.29. The van der Waals surface area contributed by atoms with Crippen molar-refractivity contribution in [1.82, 2.24) is 20.9 Å². The molecule has 5 N–H and O–H groups in total. The minimum absolute atomic E-state index is 0.0387. The topological polar surface area (TPSA) is 160 Å². The summed E-state index contributed by atoms with van der Waals surface area (Å²) in [6.45, 7) is 11.2. The maximum atomic E-state index is 13.6. The summed E-state index contributed by atoms with van der Waals surface area (Å²) in [5.41, 5.74) is 2.67. The molecule has 1 fully saturated rings. The van der Waals surface area contributed by atoms with Crippen LogP contribution in [0.4, 0.5) is 4.79 Å². The highest BCUT2D eigenvalue weighted by atomic mass is 16.6. The molecule has 11 nitrogen and oxygen atoms in total. The maximum Gasteiger partial charge on any atom is 0.408 e. The van der Waals surface area contributed by atoms with Gasteiger partial charge in [-0.05, 0) is 54.0 Å². The van der Waals surface area contributed by atoms with E-state index < -0.39 is 58.5 Å². The molecule has 1 aromatic rings. The molecule has 1 saturated heterocycles. The van der Waals surface area contributed by atoms with Gasteiger partial charge in [-0.15, -0.1) is 0 Å². The highest BCUT2D eigenvalue weighted by molar-refractivity contribution is 6.02. The molecule has 1 heterocycles. The Balaban J connectivity index is 2.22. The van der Waals surface area contributed by atoms with Gasteiger partial charge >= 0.3 is 6.09 Å². The van der Waals surface area contributed by atoms with Gasteiger partial charge in [0.15, 0.2) is 0 Å². The fraction of sp³-hybridized carbons (Fsp3) is 0.560. The minimum Gasteiger partial charge on any atom is -0.444 e. The summed E-state index contributed by atoms with van der Waals surface area (Å²) in [6.07, 6.45) is -0.575. The Morgan fingerprint density at radius 3 is 2.11 bits per heavy atom. The lowest BCUT2D eigenvalue weighted by Crippen LogP contribution is -2.81. The molecule has 1 aliphatic rings. The first-order valence-electron chi connectivity index (χ1n) is 11.8. The second kappa shape index (κ2) is 10.5. The fourth-order valence-corrected chi connectivity index (χ4v) is 3.70. The molecule has 2 rings (SSSR count). The number of ether oxygens (including phenoxy) is 1. The van der Waals surface area contributed by atoms with Gasteiger partial charge in [0.05, 0.1) is 6.54 Å². The van der Waals surface area contributed by atoms with Crippen molar-refractivity contribution in [2.45, 2.75) is 83.6 Å².